The van der Waals surface area contributed by atoms with E-state index in [-0.39, 0.29) is 12.6 Å². The summed E-state index contributed by atoms with van der Waals surface area (Å²) in [7, 11) is 1.60. The van der Waals surface area contributed by atoms with Crippen molar-refractivity contribution in [2.24, 2.45) is 5.10 Å². The predicted octanol–water partition coefficient (Wildman–Crippen LogP) is 0.690. The van der Waals surface area contributed by atoms with Crippen LogP contribution in [-0.2, 0) is 4.79 Å². The highest BCUT2D eigenvalue weighted by atomic mass is 16.5. The molecule has 1 aromatic rings. The van der Waals surface area contributed by atoms with E-state index in [0.29, 0.717) is 11.5 Å². The van der Waals surface area contributed by atoms with Gasteiger partial charge in [-0.3, -0.25) is 0 Å². The summed E-state index contributed by atoms with van der Waals surface area (Å²) in [5.74, 6) is 0.169. The van der Waals surface area contributed by atoms with Crippen molar-refractivity contribution < 1.29 is 19.4 Å². The topological polar surface area (TPSA) is 83.0 Å². The number of ether oxygens (including phenoxy) is 2. The summed E-state index contributed by atoms with van der Waals surface area (Å²) in [4.78, 5) is 10.3. The van der Waals surface area contributed by atoms with Crippen LogP contribution in [0.5, 0.6) is 11.5 Å². The number of carbonyl (C=O) groups is 1. The molecule has 1 aliphatic rings. The maximum atomic E-state index is 10.3. The van der Waals surface area contributed by atoms with Crippen molar-refractivity contribution >= 4 is 12.2 Å². The summed E-state index contributed by atoms with van der Waals surface area (Å²) in [6, 6.07) is 5.47. The summed E-state index contributed by atoms with van der Waals surface area (Å²) >= 11 is 0. The Morgan fingerprint density at radius 1 is 1.43 bits per heavy atom. The van der Waals surface area contributed by atoms with E-state index in [9.17, 15) is 9.90 Å². The van der Waals surface area contributed by atoms with E-state index in [0.717, 1.165) is 18.4 Å². The van der Waals surface area contributed by atoms with Gasteiger partial charge in [-0.05, 0) is 49.4 Å². The van der Waals surface area contributed by atoms with Crippen LogP contribution in [-0.4, -0.2) is 31.9 Å². The Morgan fingerprint density at radius 2 is 2.19 bits per heavy atom. The van der Waals surface area contributed by atoms with Crippen LogP contribution in [0.2, 0.25) is 0 Å². The third kappa shape index (κ3) is 4.66. The number of hydrogen-bond acceptors (Lipinski definition) is 6. The van der Waals surface area contributed by atoms with E-state index in [4.69, 9.17) is 9.47 Å². The van der Waals surface area contributed by atoms with Crippen LogP contribution in [0.25, 0.3) is 0 Å². The van der Waals surface area contributed by atoms with Gasteiger partial charge in [0.15, 0.2) is 11.5 Å². The molecule has 0 aliphatic heterocycles. The lowest BCUT2D eigenvalue weighted by Crippen LogP contribution is -2.32. The van der Waals surface area contributed by atoms with Gasteiger partial charge in [0.05, 0.1) is 31.9 Å². The van der Waals surface area contributed by atoms with E-state index in [2.05, 4.69) is 10.5 Å². The summed E-state index contributed by atoms with van der Waals surface area (Å²) < 4.78 is 11.3. The van der Waals surface area contributed by atoms with Crippen molar-refractivity contribution in [3.63, 3.8) is 0 Å². The number of methoxy groups -OCH3 is 1. The van der Waals surface area contributed by atoms with Gasteiger partial charge in [-0.25, -0.2) is 0 Å². The van der Waals surface area contributed by atoms with Crippen LogP contribution >= 0.6 is 0 Å². The molecule has 1 aliphatic carbocycles. The van der Waals surface area contributed by atoms with Crippen LogP contribution in [0.1, 0.15) is 31.2 Å². The van der Waals surface area contributed by atoms with Gasteiger partial charge in [0.1, 0.15) is 0 Å². The summed E-state index contributed by atoms with van der Waals surface area (Å²) in [5.41, 5.74) is 3.19. The number of hydrazone groups is 1. The molecule has 2 rings (SSSR count). The predicted molar refractivity (Wildman–Crippen MR) is 76.5 cm³/mol. The summed E-state index contributed by atoms with van der Waals surface area (Å²) in [5, 5.41) is 14.1. The second-order valence-corrected chi connectivity index (χ2v) is 4.90. The van der Waals surface area contributed by atoms with Crippen LogP contribution in [0.15, 0.2) is 23.3 Å². The minimum Gasteiger partial charge on any atom is -0.548 e. The Bertz CT molecular complexity index is 510. The molecule has 21 heavy (non-hydrogen) atoms. The number of nitrogens with zero attached hydrogens (tertiary/aromatic N) is 1. The van der Waals surface area contributed by atoms with E-state index >= 15 is 0 Å². The van der Waals surface area contributed by atoms with Crippen molar-refractivity contribution in [3.8, 4) is 11.5 Å². The minimum atomic E-state index is -1.20. The molecule has 1 fully saturated rings. The number of aliphatic carboxylic acids is 1. The van der Waals surface area contributed by atoms with Gasteiger partial charge in [-0.1, -0.05) is 0 Å². The largest absolute Gasteiger partial charge is 0.548 e. The molecule has 1 N–H and O–H groups in total. The summed E-state index contributed by atoms with van der Waals surface area (Å²) in [6.45, 7) is -0.321. The maximum absolute atomic E-state index is 10.3. The normalized spacial score (nSPS) is 15.3. The fourth-order valence-corrected chi connectivity index (χ4v) is 2.28. The number of hydrogen-bond donors (Lipinski definition) is 1. The zero-order valence-corrected chi connectivity index (χ0v) is 12.0. The lowest BCUT2D eigenvalue weighted by molar-refractivity contribution is -0.304. The Balaban J connectivity index is 2.03. The minimum absolute atomic E-state index is 0.238. The van der Waals surface area contributed by atoms with Gasteiger partial charge in [0, 0.05) is 0 Å². The Labute approximate surface area is 123 Å². The highest BCUT2D eigenvalue weighted by molar-refractivity contribution is 5.81. The van der Waals surface area contributed by atoms with Gasteiger partial charge in [0.25, 0.3) is 0 Å². The monoisotopic (exact) mass is 291 g/mol. The molecule has 0 atom stereocenters. The van der Waals surface area contributed by atoms with Crippen LogP contribution < -0.4 is 20.0 Å². The fraction of sp³-hybridized carbons (Fsp3) is 0.467. The smallest absolute Gasteiger partial charge is 0.162 e. The quantitative estimate of drug-likeness (QED) is 0.590. The third-order valence-electron chi connectivity index (χ3n) is 3.31. The zero-order chi connectivity index (χ0) is 15.1. The van der Waals surface area contributed by atoms with Crippen molar-refractivity contribution in [2.75, 3.05) is 13.7 Å². The highest BCUT2D eigenvalue weighted by Crippen LogP contribution is 2.32. The molecular weight excluding hydrogens is 272 g/mol. The first-order valence-electron chi connectivity index (χ1n) is 6.99. The molecule has 0 aromatic heterocycles. The Hall–Kier alpha value is -2.24. The number of carboxylic acid groups (broad SMARTS) is 1. The second kappa shape index (κ2) is 7.52. The fourth-order valence-electron chi connectivity index (χ4n) is 2.28. The SMILES string of the molecule is COc1ccc(/C=N/NCC(=O)[O-])cc1OC1CCCC1. The first-order valence-corrected chi connectivity index (χ1v) is 6.99. The molecule has 0 heterocycles. The van der Waals surface area contributed by atoms with Crippen LogP contribution in [0.3, 0.4) is 0 Å². The first kappa shape index (κ1) is 15.2. The van der Waals surface area contributed by atoms with Gasteiger partial charge in [0.2, 0.25) is 0 Å². The maximum Gasteiger partial charge on any atom is 0.162 e. The first-order chi connectivity index (χ1) is 10.2. The molecule has 1 aromatic carbocycles. The Kier molecular flexibility index (Phi) is 5.43. The number of carboxylic acids is 1. The molecule has 0 unspecified atom stereocenters. The molecule has 0 amide bonds. The van der Waals surface area contributed by atoms with Crippen molar-refractivity contribution in [1.82, 2.24) is 5.43 Å². The molecule has 6 heteroatoms. The van der Waals surface area contributed by atoms with Crippen molar-refractivity contribution in [1.29, 1.82) is 0 Å². The zero-order valence-electron chi connectivity index (χ0n) is 12.0. The number of nitrogens with one attached hydrogen (secondary N) is 1. The summed E-state index contributed by atoms with van der Waals surface area (Å²) in [6.07, 6.45) is 6.29. The van der Waals surface area contributed by atoms with Gasteiger partial charge < -0.3 is 24.8 Å². The van der Waals surface area contributed by atoms with Crippen LogP contribution in [0.4, 0.5) is 0 Å². The lowest BCUT2D eigenvalue weighted by Gasteiger charge is -2.16. The highest BCUT2D eigenvalue weighted by Gasteiger charge is 2.18. The van der Waals surface area contributed by atoms with Gasteiger partial charge >= 0.3 is 0 Å². The van der Waals surface area contributed by atoms with Gasteiger partial charge in [-0.2, -0.15) is 5.10 Å². The van der Waals surface area contributed by atoms with Crippen molar-refractivity contribution in [3.05, 3.63) is 23.8 Å². The molecule has 0 saturated heterocycles. The van der Waals surface area contributed by atoms with E-state index < -0.39 is 5.97 Å². The Morgan fingerprint density at radius 3 is 2.86 bits per heavy atom. The molecular formula is C15H19N2O4-. The number of benzene rings is 1. The number of rotatable bonds is 7. The standard InChI is InChI=1S/C15H20N2O4/c1-20-13-7-6-11(9-16-17-10-15(18)19)8-14(13)21-12-4-2-3-5-12/h6-9,12,17H,2-5,10H2,1H3,(H,18,19)/p-1/b16-9+. The molecule has 0 bridgehead atoms. The average molecular weight is 291 g/mol. The van der Waals surface area contributed by atoms with Gasteiger partial charge in [-0.15, -0.1) is 0 Å². The molecule has 1 saturated carbocycles. The number of carbonyl (C=O) groups excluding carboxylic acids is 1. The molecule has 0 radical (unpaired) electrons. The average Bonchev–Trinajstić information content (AvgIpc) is 2.97. The van der Waals surface area contributed by atoms with Crippen molar-refractivity contribution in [2.45, 2.75) is 31.8 Å². The van der Waals surface area contributed by atoms with E-state index in [1.54, 1.807) is 7.11 Å². The molecule has 6 nitrogen and oxygen atoms in total. The van der Waals surface area contributed by atoms with E-state index in [1.165, 1.54) is 19.1 Å². The second-order valence-electron chi connectivity index (χ2n) is 4.90. The lowest BCUT2D eigenvalue weighted by atomic mass is 10.2. The third-order valence-corrected chi connectivity index (χ3v) is 3.31. The van der Waals surface area contributed by atoms with E-state index in [1.807, 2.05) is 18.2 Å². The van der Waals surface area contributed by atoms with Crippen LogP contribution in [0, 0.1) is 0 Å². The molecule has 0 spiro atoms. The molecule has 114 valence electrons.